The van der Waals surface area contributed by atoms with Gasteiger partial charge in [0.2, 0.25) is 5.88 Å². The summed E-state index contributed by atoms with van der Waals surface area (Å²) in [5.74, 6) is 0.149. The number of aromatic amines is 1. The highest BCUT2D eigenvalue weighted by Gasteiger charge is 2.30. The SMILES string of the molecule is CC(C)c1ccc2[nH]c(O)c(N=Nc3ccc(C(F)(F)F)cn3)c2c1. The van der Waals surface area contributed by atoms with Crippen molar-refractivity contribution in [2.45, 2.75) is 25.9 Å². The van der Waals surface area contributed by atoms with Gasteiger partial charge in [0.15, 0.2) is 11.5 Å². The molecular formula is C17H15F3N4O. The summed E-state index contributed by atoms with van der Waals surface area (Å²) in [5, 5.41) is 18.5. The lowest BCUT2D eigenvalue weighted by molar-refractivity contribution is -0.137. The minimum Gasteiger partial charge on any atom is -0.493 e. The second kappa shape index (κ2) is 6.19. The molecule has 0 bridgehead atoms. The van der Waals surface area contributed by atoms with Crippen LogP contribution in [0.25, 0.3) is 10.9 Å². The van der Waals surface area contributed by atoms with Gasteiger partial charge in [0.05, 0.1) is 11.1 Å². The molecule has 0 radical (unpaired) electrons. The molecule has 2 N–H and O–H groups in total. The van der Waals surface area contributed by atoms with E-state index in [1.54, 1.807) is 0 Å². The molecule has 0 aliphatic heterocycles. The van der Waals surface area contributed by atoms with E-state index in [2.05, 4.69) is 20.2 Å². The Morgan fingerprint density at radius 3 is 2.48 bits per heavy atom. The van der Waals surface area contributed by atoms with Crippen molar-refractivity contribution in [3.8, 4) is 5.88 Å². The summed E-state index contributed by atoms with van der Waals surface area (Å²) in [7, 11) is 0. The van der Waals surface area contributed by atoms with Crippen molar-refractivity contribution in [1.82, 2.24) is 9.97 Å². The van der Waals surface area contributed by atoms with E-state index in [-0.39, 0.29) is 17.4 Å². The van der Waals surface area contributed by atoms with E-state index in [1.807, 2.05) is 32.0 Å². The molecule has 0 aliphatic carbocycles. The lowest BCUT2D eigenvalue weighted by atomic mass is 10.0. The summed E-state index contributed by atoms with van der Waals surface area (Å²) >= 11 is 0. The Hall–Kier alpha value is -2.90. The van der Waals surface area contributed by atoms with Crippen molar-refractivity contribution in [2.75, 3.05) is 0 Å². The first-order valence-corrected chi connectivity index (χ1v) is 7.55. The molecule has 0 saturated carbocycles. The number of pyridine rings is 1. The van der Waals surface area contributed by atoms with Crippen molar-refractivity contribution in [2.24, 2.45) is 10.2 Å². The second-order valence-electron chi connectivity index (χ2n) is 5.88. The zero-order chi connectivity index (χ0) is 18.2. The Balaban J connectivity index is 1.95. The Morgan fingerprint density at radius 2 is 1.88 bits per heavy atom. The van der Waals surface area contributed by atoms with Crippen LogP contribution in [0.2, 0.25) is 0 Å². The number of H-pyrrole nitrogens is 1. The molecule has 1 aromatic carbocycles. The van der Waals surface area contributed by atoms with Crippen LogP contribution in [0.15, 0.2) is 46.8 Å². The first kappa shape index (κ1) is 16.9. The van der Waals surface area contributed by atoms with E-state index in [0.717, 1.165) is 17.7 Å². The highest BCUT2D eigenvalue weighted by atomic mass is 19.4. The van der Waals surface area contributed by atoms with Gasteiger partial charge in [-0.2, -0.15) is 13.2 Å². The number of aromatic nitrogens is 2. The highest BCUT2D eigenvalue weighted by molar-refractivity contribution is 5.94. The summed E-state index contributed by atoms with van der Waals surface area (Å²) in [5.41, 5.74) is 1.12. The average Bonchev–Trinajstić information content (AvgIpc) is 2.87. The van der Waals surface area contributed by atoms with Gasteiger partial charge in [-0.15, -0.1) is 10.2 Å². The number of hydrogen-bond acceptors (Lipinski definition) is 4. The van der Waals surface area contributed by atoms with Crippen LogP contribution >= 0.6 is 0 Å². The fraction of sp³-hybridized carbons (Fsp3) is 0.235. The van der Waals surface area contributed by atoms with Crippen LogP contribution in [0.4, 0.5) is 24.7 Å². The maximum Gasteiger partial charge on any atom is 0.417 e. The first-order chi connectivity index (χ1) is 11.8. The number of nitrogens with one attached hydrogen (secondary N) is 1. The van der Waals surface area contributed by atoms with Crippen LogP contribution in [-0.4, -0.2) is 15.1 Å². The number of aromatic hydroxyl groups is 1. The van der Waals surface area contributed by atoms with E-state index in [0.29, 0.717) is 23.0 Å². The van der Waals surface area contributed by atoms with Crippen LogP contribution in [0, 0.1) is 0 Å². The molecular weight excluding hydrogens is 333 g/mol. The molecule has 0 spiro atoms. The molecule has 5 nitrogen and oxygen atoms in total. The maximum absolute atomic E-state index is 12.5. The summed E-state index contributed by atoms with van der Waals surface area (Å²) in [6, 6.07) is 7.68. The van der Waals surface area contributed by atoms with Crippen molar-refractivity contribution < 1.29 is 18.3 Å². The number of fused-ring (bicyclic) bond motifs is 1. The molecule has 0 fully saturated rings. The minimum absolute atomic E-state index is 0.0155. The Bertz CT molecular complexity index is 927. The largest absolute Gasteiger partial charge is 0.493 e. The van der Waals surface area contributed by atoms with Gasteiger partial charge in [0.25, 0.3) is 0 Å². The number of benzene rings is 1. The zero-order valence-electron chi connectivity index (χ0n) is 13.5. The maximum atomic E-state index is 12.5. The van der Waals surface area contributed by atoms with Crippen LogP contribution < -0.4 is 0 Å². The summed E-state index contributed by atoms with van der Waals surface area (Å²) < 4.78 is 37.6. The molecule has 0 atom stereocenters. The molecule has 0 amide bonds. The molecule has 3 aromatic rings. The van der Waals surface area contributed by atoms with Gasteiger partial charge in [0.1, 0.15) is 0 Å². The van der Waals surface area contributed by atoms with Crippen molar-refractivity contribution in [3.63, 3.8) is 0 Å². The highest BCUT2D eigenvalue weighted by Crippen LogP contribution is 2.37. The number of alkyl halides is 3. The predicted octanol–water partition coefficient (Wildman–Crippen LogP) is 5.83. The zero-order valence-corrected chi connectivity index (χ0v) is 13.5. The summed E-state index contributed by atoms with van der Waals surface area (Å²) in [6.07, 6.45) is -3.76. The van der Waals surface area contributed by atoms with Crippen LogP contribution in [0.3, 0.4) is 0 Å². The Labute approximate surface area is 141 Å². The van der Waals surface area contributed by atoms with Gasteiger partial charge in [-0.25, -0.2) is 4.98 Å². The molecule has 0 saturated heterocycles. The first-order valence-electron chi connectivity index (χ1n) is 7.55. The third kappa shape index (κ3) is 3.47. The number of azo groups is 1. The van der Waals surface area contributed by atoms with Gasteiger partial charge in [-0.3, -0.25) is 0 Å². The van der Waals surface area contributed by atoms with E-state index >= 15 is 0 Å². The van der Waals surface area contributed by atoms with Gasteiger partial charge in [-0.05, 0) is 35.7 Å². The fourth-order valence-corrected chi connectivity index (χ4v) is 2.36. The molecule has 130 valence electrons. The predicted molar refractivity (Wildman–Crippen MR) is 87.5 cm³/mol. The number of rotatable bonds is 3. The Morgan fingerprint density at radius 1 is 1.12 bits per heavy atom. The van der Waals surface area contributed by atoms with E-state index in [4.69, 9.17) is 0 Å². The molecule has 0 aliphatic rings. The third-order valence-corrected chi connectivity index (χ3v) is 3.77. The molecule has 2 aromatic heterocycles. The molecule has 8 heteroatoms. The monoisotopic (exact) mass is 348 g/mol. The topological polar surface area (TPSA) is 73.6 Å². The standard InChI is InChI=1S/C17H15F3N4O/c1-9(2)10-3-5-13-12(7-10)15(16(25)22-13)24-23-14-6-4-11(8-21-14)17(18,19)20/h3-9,22,25H,1-2H3. The van der Waals surface area contributed by atoms with E-state index in [9.17, 15) is 18.3 Å². The smallest absolute Gasteiger partial charge is 0.417 e. The molecule has 0 unspecified atom stereocenters. The third-order valence-electron chi connectivity index (χ3n) is 3.77. The number of nitrogens with zero attached hydrogens (tertiary/aromatic N) is 3. The van der Waals surface area contributed by atoms with E-state index in [1.165, 1.54) is 0 Å². The number of halogens is 3. The quantitative estimate of drug-likeness (QED) is 0.585. The lowest BCUT2D eigenvalue weighted by Gasteiger charge is -2.05. The minimum atomic E-state index is -4.45. The molecule has 3 rings (SSSR count). The second-order valence-corrected chi connectivity index (χ2v) is 5.88. The molecule has 2 heterocycles. The van der Waals surface area contributed by atoms with Crippen molar-refractivity contribution >= 4 is 22.4 Å². The molecule has 25 heavy (non-hydrogen) atoms. The van der Waals surface area contributed by atoms with Gasteiger partial charge >= 0.3 is 6.18 Å². The fourth-order valence-electron chi connectivity index (χ4n) is 2.36. The van der Waals surface area contributed by atoms with Gasteiger partial charge in [-0.1, -0.05) is 19.9 Å². The number of hydrogen-bond donors (Lipinski definition) is 2. The summed E-state index contributed by atoms with van der Waals surface area (Å²) in [4.78, 5) is 6.42. The lowest BCUT2D eigenvalue weighted by Crippen LogP contribution is -2.04. The summed E-state index contributed by atoms with van der Waals surface area (Å²) in [6.45, 7) is 4.09. The van der Waals surface area contributed by atoms with Gasteiger partial charge in [0, 0.05) is 11.6 Å². The average molecular weight is 348 g/mol. The normalized spacial score (nSPS) is 12.6. The van der Waals surface area contributed by atoms with Crippen molar-refractivity contribution in [1.29, 1.82) is 0 Å². The van der Waals surface area contributed by atoms with Crippen molar-refractivity contribution in [3.05, 3.63) is 47.7 Å². The van der Waals surface area contributed by atoms with Crippen LogP contribution in [0.1, 0.15) is 30.9 Å². The van der Waals surface area contributed by atoms with Crippen LogP contribution in [0.5, 0.6) is 5.88 Å². The van der Waals surface area contributed by atoms with Gasteiger partial charge < -0.3 is 10.1 Å². The van der Waals surface area contributed by atoms with E-state index < -0.39 is 11.7 Å². The Kier molecular flexibility index (Phi) is 4.20. The van der Waals surface area contributed by atoms with Crippen LogP contribution in [-0.2, 0) is 6.18 Å².